The number of rotatable bonds is 2. The molecule has 1 nitrogen and oxygen atoms in total. The molecule has 2 aliphatic rings. The summed E-state index contributed by atoms with van der Waals surface area (Å²) >= 11 is 0. The molecule has 0 atom stereocenters. The SMILES string of the molecule is c1ccc(CN2c3ccccc3C3(CCCC3)c3ccccc32)cc1. The number of benzene rings is 3. The van der Waals surface area contributed by atoms with Crippen LogP contribution in [0.4, 0.5) is 11.4 Å². The minimum atomic E-state index is 0.223. The Morgan fingerprint density at radius 1 is 0.640 bits per heavy atom. The van der Waals surface area contributed by atoms with Crippen molar-refractivity contribution in [2.45, 2.75) is 37.6 Å². The van der Waals surface area contributed by atoms with Gasteiger partial charge in [-0.3, -0.25) is 0 Å². The van der Waals surface area contributed by atoms with E-state index >= 15 is 0 Å². The molecule has 0 radical (unpaired) electrons. The van der Waals surface area contributed by atoms with Crippen molar-refractivity contribution in [1.82, 2.24) is 0 Å². The van der Waals surface area contributed by atoms with Crippen LogP contribution in [0.2, 0.25) is 0 Å². The standard InChI is InChI=1S/C24H23N/c1-2-10-19(11-3-1)18-25-22-14-6-4-12-20(22)24(16-8-9-17-24)21-13-5-7-15-23(21)25/h1-7,10-15H,8-9,16-18H2. The Hall–Kier alpha value is -2.54. The van der Waals surface area contributed by atoms with Gasteiger partial charge in [-0.2, -0.15) is 0 Å². The molecule has 5 rings (SSSR count). The van der Waals surface area contributed by atoms with E-state index in [0.29, 0.717) is 0 Å². The molecule has 1 fully saturated rings. The van der Waals surface area contributed by atoms with Crippen molar-refractivity contribution in [3.8, 4) is 0 Å². The van der Waals surface area contributed by atoms with Gasteiger partial charge >= 0.3 is 0 Å². The number of para-hydroxylation sites is 2. The Kier molecular flexibility index (Phi) is 3.41. The molecule has 124 valence electrons. The second kappa shape index (κ2) is 5.77. The lowest BCUT2D eigenvalue weighted by Gasteiger charge is -2.44. The Morgan fingerprint density at radius 2 is 1.16 bits per heavy atom. The first kappa shape index (κ1) is 14.8. The molecule has 0 N–H and O–H groups in total. The summed E-state index contributed by atoms with van der Waals surface area (Å²) in [4.78, 5) is 2.52. The molecule has 1 spiro atoms. The number of hydrogen-bond donors (Lipinski definition) is 0. The smallest absolute Gasteiger partial charge is 0.0481 e. The Bertz CT molecular complexity index is 841. The van der Waals surface area contributed by atoms with Gasteiger partial charge in [0.15, 0.2) is 0 Å². The predicted molar refractivity (Wildman–Crippen MR) is 104 cm³/mol. The van der Waals surface area contributed by atoms with Crippen molar-refractivity contribution in [2.75, 3.05) is 4.90 Å². The third kappa shape index (κ3) is 2.22. The minimum absolute atomic E-state index is 0.223. The van der Waals surface area contributed by atoms with E-state index in [1.165, 1.54) is 53.7 Å². The van der Waals surface area contributed by atoms with E-state index in [1.807, 2.05) is 0 Å². The summed E-state index contributed by atoms with van der Waals surface area (Å²) in [6, 6.07) is 29.0. The molecule has 3 aromatic rings. The van der Waals surface area contributed by atoms with Crippen molar-refractivity contribution in [1.29, 1.82) is 0 Å². The molecule has 0 amide bonds. The predicted octanol–water partition coefficient (Wildman–Crippen LogP) is 6.20. The van der Waals surface area contributed by atoms with Crippen LogP contribution in [0, 0.1) is 0 Å². The summed E-state index contributed by atoms with van der Waals surface area (Å²) < 4.78 is 0. The number of hydrogen-bond acceptors (Lipinski definition) is 1. The molecule has 3 aromatic carbocycles. The molecule has 1 aliphatic carbocycles. The third-order valence-electron chi connectivity index (χ3n) is 6.06. The maximum Gasteiger partial charge on any atom is 0.0481 e. The minimum Gasteiger partial charge on any atom is -0.336 e. The molecule has 1 aliphatic heterocycles. The van der Waals surface area contributed by atoms with E-state index in [0.717, 1.165) is 6.54 Å². The maximum absolute atomic E-state index is 2.52. The summed E-state index contributed by atoms with van der Waals surface area (Å²) in [5.41, 5.74) is 7.43. The second-order valence-corrected chi connectivity index (χ2v) is 7.40. The van der Waals surface area contributed by atoms with Crippen molar-refractivity contribution in [3.05, 3.63) is 95.6 Å². The first-order valence-corrected chi connectivity index (χ1v) is 9.39. The summed E-state index contributed by atoms with van der Waals surface area (Å²) in [6.45, 7) is 0.922. The van der Waals surface area contributed by atoms with Crippen LogP contribution in [-0.4, -0.2) is 0 Å². The highest BCUT2D eigenvalue weighted by molar-refractivity contribution is 5.78. The zero-order valence-electron chi connectivity index (χ0n) is 14.5. The number of nitrogens with zero attached hydrogens (tertiary/aromatic N) is 1. The van der Waals surface area contributed by atoms with E-state index in [4.69, 9.17) is 0 Å². The molecular formula is C24H23N. The van der Waals surface area contributed by atoms with Gasteiger partial charge < -0.3 is 4.90 Å². The summed E-state index contributed by atoms with van der Waals surface area (Å²) in [5.74, 6) is 0. The lowest BCUT2D eigenvalue weighted by Crippen LogP contribution is -2.34. The van der Waals surface area contributed by atoms with Gasteiger partial charge in [0.25, 0.3) is 0 Å². The van der Waals surface area contributed by atoms with E-state index in [9.17, 15) is 0 Å². The normalized spacial score (nSPS) is 17.4. The van der Waals surface area contributed by atoms with Gasteiger partial charge in [0.1, 0.15) is 0 Å². The van der Waals surface area contributed by atoms with Crippen LogP contribution in [0.5, 0.6) is 0 Å². The van der Waals surface area contributed by atoms with Crippen LogP contribution in [-0.2, 0) is 12.0 Å². The van der Waals surface area contributed by atoms with Gasteiger partial charge in [-0.1, -0.05) is 79.6 Å². The average Bonchev–Trinajstić information content (AvgIpc) is 3.17. The molecule has 0 unspecified atom stereocenters. The second-order valence-electron chi connectivity index (χ2n) is 7.40. The Morgan fingerprint density at radius 3 is 1.76 bits per heavy atom. The zero-order chi connectivity index (χ0) is 16.7. The van der Waals surface area contributed by atoms with Crippen LogP contribution in [0.25, 0.3) is 0 Å². The average molecular weight is 325 g/mol. The first-order chi connectivity index (χ1) is 12.4. The summed E-state index contributed by atoms with van der Waals surface area (Å²) in [5, 5.41) is 0. The number of fused-ring (bicyclic) bond motifs is 4. The van der Waals surface area contributed by atoms with Gasteiger partial charge in [0, 0.05) is 23.3 Å². The Labute approximate surface area is 149 Å². The highest BCUT2D eigenvalue weighted by atomic mass is 15.1. The molecular weight excluding hydrogens is 302 g/mol. The lowest BCUT2D eigenvalue weighted by molar-refractivity contribution is 0.526. The van der Waals surface area contributed by atoms with Crippen molar-refractivity contribution in [2.24, 2.45) is 0 Å². The summed E-state index contributed by atoms with van der Waals surface area (Å²) in [7, 11) is 0. The van der Waals surface area contributed by atoms with Gasteiger partial charge in [-0.15, -0.1) is 0 Å². The molecule has 25 heavy (non-hydrogen) atoms. The van der Waals surface area contributed by atoms with Gasteiger partial charge in [0.2, 0.25) is 0 Å². The van der Waals surface area contributed by atoms with Crippen LogP contribution in [0.15, 0.2) is 78.9 Å². The van der Waals surface area contributed by atoms with Crippen LogP contribution in [0.1, 0.15) is 42.4 Å². The topological polar surface area (TPSA) is 3.24 Å². The van der Waals surface area contributed by atoms with Gasteiger partial charge in [-0.05, 0) is 41.7 Å². The van der Waals surface area contributed by atoms with E-state index < -0.39 is 0 Å². The van der Waals surface area contributed by atoms with Crippen molar-refractivity contribution < 1.29 is 0 Å². The molecule has 0 bridgehead atoms. The molecule has 1 heteroatoms. The summed E-state index contributed by atoms with van der Waals surface area (Å²) in [6.07, 6.45) is 5.23. The van der Waals surface area contributed by atoms with Crippen molar-refractivity contribution in [3.63, 3.8) is 0 Å². The third-order valence-corrected chi connectivity index (χ3v) is 6.06. The lowest BCUT2D eigenvalue weighted by atomic mass is 9.69. The van der Waals surface area contributed by atoms with E-state index in [1.54, 1.807) is 0 Å². The fourth-order valence-corrected chi connectivity index (χ4v) is 4.96. The molecule has 1 saturated carbocycles. The molecule has 1 heterocycles. The van der Waals surface area contributed by atoms with Crippen LogP contribution in [0.3, 0.4) is 0 Å². The maximum atomic E-state index is 2.52. The Balaban J connectivity index is 1.71. The van der Waals surface area contributed by atoms with Crippen molar-refractivity contribution >= 4 is 11.4 Å². The van der Waals surface area contributed by atoms with Gasteiger partial charge in [0.05, 0.1) is 0 Å². The fraction of sp³-hybridized carbons (Fsp3) is 0.250. The largest absolute Gasteiger partial charge is 0.336 e. The quantitative estimate of drug-likeness (QED) is 0.542. The molecule has 0 aromatic heterocycles. The van der Waals surface area contributed by atoms with Gasteiger partial charge in [-0.25, -0.2) is 0 Å². The highest BCUT2D eigenvalue weighted by Crippen LogP contribution is 2.56. The zero-order valence-corrected chi connectivity index (χ0v) is 14.5. The van der Waals surface area contributed by atoms with Crippen LogP contribution >= 0.6 is 0 Å². The fourth-order valence-electron chi connectivity index (χ4n) is 4.96. The monoisotopic (exact) mass is 325 g/mol. The highest BCUT2D eigenvalue weighted by Gasteiger charge is 2.44. The number of anilines is 2. The van der Waals surface area contributed by atoms with Crippen LogP contribution < -0.4 is 4.90 Å². The molecule has 0 saturated heterocycles. The van der Waals surface area contributed by atoms with E-state index in [2.05, 4.69) is 83.8 Å². The van der Waals surface area contributed by atoms with E-state index in [-0.39, 0.29) is 5.41 Å². The first-order valence-electron chi connectivity index (χ1n) is 9.39.